The van der Waals surface area contributed by atoms with Gasteiger partial charge in [0.1, 0.15) is 22.8 Å². The van der Waals surface area contributed by atoms with Crippen molar-refractivity contribution in [2.45, 2.75) is 26.1 Å². The van der Waals surface area contributed by atoms with Crippen LogP contribution in [0.3, 0.4) is 0 Å². The zero-order valence-corrected chi connectivity index (χ0v) is 28.2. The highest BCUT2D eigenvalue weighted by Crippen LogP contribution is 2.23. The van der Waals surface area contributed by atoms with Crippen LogP contribution in [0.1, 0.15) is 54.1 Å². The number of carbonyl (C=O) groups excluding carboxylic acids is 1. The number of aromatic nitrogens is 2. The maximum atomic E-state index is 14.1. The maximum absolute atomic E-state index is 14.1. The second-order valence-corrected chi connectivity index (χ2v) is 12.1. The van der Waals surface area contributed by atoms with E-state index in [9.17, 15) is 38.2 Å². The fourth-order valence-corrected chi connectivity index (χ4v) is 5.90. The Morgan fingerprint density at radius 3 is 1.53 bits per heavy atom. The van der Waals surface area contributed by atoms with Crippen molar-refractivity contribution >= 4 is 46.2 Å². The smallest absolute Gasteiger partial charge is 0.343 e. The van der Waals surface area contributed by atoms with Crippen LogP contribution in [0.25, 0.3) is 11.0 Å². The highest BCUT2D eigenvalue weighted by molar-refractivity contribution is 6.31. The molecule has 3 N–H and O–H groups in total. The lowest BCUT2D eigenvalue weighted by Crippen LogP contribution is -2.24. The van der Waals surface area contributed by atoms with Crippen LogP contribution in [-0.2, 0) is 30.8 Å². The molecule has 0 amide bonds. The van der Waals surface area contributed by atoms with Gasteiger partial charge in [-0.3, -0.25) is 18.4 Å². The Morgan fingerprint density at radius 2 is 1.12 bits per heavy atom. The van der Waals surface area contributed by atoms with Crippen LogP contribution in [0.4, 0.5) is 8.78 Å². The molecule has 4 aromatic heterocycles. The van der Waals surface area contributed by atoms with E-state index in [1.165, 1.54) is 42.1 Å². The molecule has 51 heavy (non-hydrogen) atoms. The van der Waals surface area contributed by atoms with Crippen LogP contribution < -0.4 is 11.1 Å². The number of methoxy groups -OCH3 is 1. The van der Waals surface area contributed by atoms with Crippen molar-refractivity contribution in [2.24, 2.45) is 0 Å². The number of hydrogen-bond donors (Lipinski definition) is 3. The number of carboxylic acid groups (broad SMARTS) is 1. The second kappa shape index (κ2) is 15.7. The fourth-order valence-electron chi connectivity index (χ4n) is 5.51. The zero-order valence-electron chi connectivity index (χ0n) is 26.7. The molecule has 0 bridgehead atoms. The molecular weight excluding hydrogens is 709 g/mol. The molecule has 0 unspecified atom stereocenters. The fraction of sp³-hybridized carbons (Fsp3) is 0.135. The molecule has 10 nitrogen and oxygen atoms in total. The van der Waals surface area contributed by atoms with Crippen molar-refractivity contribution in [3.8, 4) is 0 Å². The second-order valence-electron chi connectivity index (χ2n) is 11.3. The quantitative estimate of drug-likeness (QED) is 0.165. The first-order chi connectivity index (χ1) is 24.4. The molecule has 0 fully saturated rings. The average molecular weight is 738 g/mol. The summed E-state index contributed by atoms with van der Waals surface area (Å²) in [6, 6.07) is 18.5. The van der Waals surface area contributed by atoms with E-state index in [1.807, 2.05) is 0 Å². The van der Waals surface area contributed by atoms with E-state index in [2.05, 4.69) is 4.74 Å². The van der Waals surface area contributed by atoms with Gasteiger partial charge in [0.15, 0.2) is 0 Å². The van der Waals surface area contributed by atoms with Gasteiger partial charge in [-0.15, -0.1) is 0 Å². The third-order valence-electron chi connectivity index (χ3n) is 8.04. The number of fused-ring (bicyclic) bond motifs is 2. The van der Waals surface area contributed by atoms with Crippen molar-refractivity contribution in [3.63, 3.8) is 0 Å². The summed E-state index contributed by atoms with van der Waals surface area (Å²) >= 11 is 11.6. The van der Waals surface area contributed by atoms with Crippen LogP contribution in [-0.4, -0.2) is 43.2 Å². The van der Waals surface area contributed by atoms with E-state index < -0.39 is 46.9 Å². The molecule has 0 aliphatic heterocycles. The molecule has 262 valence electrons. The third kappa shape index (κ3) is 7.69. The Hall–Kier alpha value is -5.40. The van der Waals surface area contributed by atoms with Crippen molar-refractivity contribution in [1.29, 1.82) is 0 Å². The summed E-state index contributed by atoms with van der Waals surface area (Å²) in [7, 11) is 1.17. The van der Waals surface area contributed by atoms with Crippen LogP contribution >= 0.6 is 23.2 Å². The lowest BCUT2D eigenvalue weighted by atomic mass is 10.0. The topological polar surface area (TPSA) is 147 Å². The summed E-state index contributed by atoms with van der Waals surface area (Å²) in [5.74, 6) is -3.21. The van der Waals surface area contributed by atoms with Crippen molar-refractivity contribution in [3.05, 3.63) is 172 Å². The molecule has 0 atom stereocenters. The van der Waals surface area contributed by atoms with Gasteiger partial charge in [0.2, 0.25) is 0 Å². The van der Waals surface area contributed by atoms with E-state index in [-0.39, 0.29) is 35.1 Å². The van der Waals surface area contributed by atoms with Gasteiger partial charge in [0.25, 0.3) is 11.1 Å². The summed E-state index contributed by atoms with van der Waals surface area (Å²) in [5, 5.41) is 28.2. The predicted octanol–water partition coefficient (Wildman–Crippen LogP) is 5.84. The molecule has 14 heteroatoms. The van der Waals surface area contributed by atoms with Crippen LogP contribution in [0, 0.1) is 11.6 Å². The minimum atomic E-state index is -1.37. The predicted molar refractivity (Wildman–Crippen MR) is 186 cm³/mol. The minimum absolute atomic E-state index is 0.00573. The van der Waals surface area contributed by atoms with Crippen LogP contribution in [0.2, 0.25) is 10.0 Å². The summed E-state index contributed by atoms with van der Waals surface area (Å²) in [5.41, 5.74) is 1.66. The highest BCUT2D eigenvalue weighted by atomic mass is 35.5. The molecule has 4 heterocycles. The lowest BCUT2D eigenvalue weighted by Gasteiger charge is -2.11. The van der Waals surface area contributed by atoms with Gasteiger partial charge in [-0.2, -0.15) is 0 Å². The van der Waals surface area contributed by atoms with Gasteiger partial charge in [-0.1, -0.05) is 59.6 Å². The van der Waals surface area contributed by atoms with Gasteiger partial charge in [0, 0.05) is 36.4 Å². The van der Waals surface area contributed by atoms with E-state index in [1.54, 1.807) is 48.5 Å². The molecule has 0 radical (unpaired) electrons. The standard InChI is InChI=1S/C19H15ClFNO4.C18H13ClFNO4/c1-26-19(25)14-8-13(10-23)16-6-5-11(9-22(16)18(14)24)7-12-3-2-4-15(20)17(12)21;19-14-3-1-2-11(16(14)20)6-10-4-5-15-12(9-22)7-13(18(24)25)17(23)21(15)8-10/h2-6,8-9,23H,7,10H2,1H3;1-5,7-8,22H,6,9H2,(H,24,25). The maximum Gasteiger partial charge on any atom is 0.343 e. The van der Waals surface area contributed by atoms with Crippen LogP contribution in [0.15, 0.2) is 94.8 Å². The monoisotopic (exact) mass is 736 g/mol. The Kier molecular flexibility index (Phi) is 11.3. The highest BCUT2D eigenvalue weighted by Gasteiger charge is 2.18. The minimum Gasteiger partial charge on any atom is -0.477 e. The average Bonchev–Trinajstić information content (AvgIpc) is 3.12. The summed E-state index contributed by atoms with van der Waals surface area (Å²) in [6.45, 7) is -0.762. The molecule has 6 aromatic rings. The van der Waals surface area contributed by atoms with Gasteiger partial charge in [0.05, 0.1) is 41.4 Å². The van der Waals surface area contributed by atoms with Crippen molar-refractivity contribution < 1.29 is 38.4 Å². The molecule has 0 saturated carbocycles. The summed E-state index contributed by atoms with van der Waals surface area (Å²) in [6.07, 6.45) is 3.36. The number of carbonyl (C=O) groups is 2. The van der Waals surface area contributed by atoms with E-state index in [0.29, 0.717) is 44.4 Å². The van der Waals surface area contributed by atoms with Gasteiger partial charge >= 0.3 is 11.9 Å². The number of esters is 1. The SMILES string of the molecule is COC(=O)c1cc(CO)c2ccc(Cc3cccc(Cl)c3F)cn2c1=O.O=C(O)c1cc(CO)c2ccc(Cc3cccc(Cl)c3F)cn2c1=O. The number of rotatable bonds is 8. The zero-order chi connectivity index (χ0) is 37.0. The van der Waals surface area contributed by atoms with E-state index in [4.69, 9.17) is 28.3 Å². The number of aliphatic hydroxyl groups excluding tert-OH is 2. The van der Waals surface area contributed by atoms with E-state index in [0.717, 1.165) is 10.5 Å². The Morgan fingerprint density at radius 1 is 0.686 bits per heavy atom. The largest absolute Gasteiger partial charge is 0.477 e. The van der Waals surface area contributed by atoms with Crippen molar-refractivity contribution in [2.75, 3.05) is 7.11 Å². The number of aliphatic hydroxyl groups is 2. The number of pyridine rings is 4. The molecule has 0 saturated heterocycles. The molecular formula is C37H28Cl2F2N2O8. The lowest BCUT2D eigenvalue weighted by molar-refractivity contribution is 0.0597. The molecule has 0 spiro atoms. The molecule has 2 aromatic carbocycles. The van der Waals surface area contributed by atoms with Crippen LogP contribution in [0.5, 0.6) is 0 Å². The first-order valence-corrected chi connectivity index (χ1v) is 15.9. The summed E-state index contributed by atoms with van der Waals surface area (Å²) < 4.78 is 35.2. The van der Waals surface area contributed by atoms with E-state index >= 15 is 0 Å². The number of ether oxygens (including phenoxy) is 1. The molecule has 0 aliphatic carbocycles. The third-order valence-corrected chi connectivity index (χ3v) is 8.63. The Balaban J connectivity index is 0.000000198. The molecule has 0 aliphatic rings. The number of aromatic carboxylic acids is 1. The first kappa shape index (κ1) is 36.9. The number of benzene rings is 2. The number of hydrogen-bond acceptors (Lipinski definition) is 7. The van der Waals surface area contributed by atoms with Gasteiger partial charge < -0.3 is 20.1 Å². The van der Waals surface area contributed by atoms with Crippen molar-refractivity contribution in [1.82, 2.24) is 8.80 Å². The molecule has 6 rings (SSSR count). The number of halogens is 4. The normalized spacial score (nSPS) is 11.0. The first-order valence-electron chi connectivity index (χ1n) is 15.1. The Bertz CT molecular complexity index is 2450. The van der Waals surface area contributed by atoms with Gasteiger partial charge in [-0.05, 0) is 58.7 Å². The van der Waals surface area contributed by atoms with Gasteiger partial charge in [-0.25, -0.2) is 18.4 Å². The number of nitrogens with zero attached hydrogens (tertiary/aromatic N) is 2. The Labute approximate surface area is 298 Å². The number of carboxylic acids is 1. The summed E-state index contributed by atoms with van der Waals surface area (Å²) in [4.78, 5) is 48.0.